The van der Waals surface area contributed by atoms with Crippen LogP contribution in [0.15, 0.2) is 70.5 Å². The number of amides is 2. The molecule has 0 bridgehead atoms. The van der Waals surface area contributed by atoms with Crippen molar-refractivity contribution in [1.29, 1.82) is 0 Å². The molecule has 0 saturated carbocycles. The number of carbonyl (C=O) groups excluding carboxylic acids is 3. The predicted molar refractivity (Wildman–Crippen MR) is 194 cm³/mol. The van der Waals surface area contributed by atoms with Gasteiger partial charge in [0.2, 0.25) is 11.8 Å². The van der Waals surface area contributed by atoms with Crippen molar-refractivity contribution in [2.24, 2.45) is 11.8 Å². The van der Waals surface area contributed by atoms with Crippen LogP contribution in [0, 0.1) is 11.8 Å². The Labute approximate surface area is 291 Å². The lowest BCUT2D eigenvalue weighted by Gasteiger charge is -2.33. The molecule has 3 atom stereocenters. The smallest absolute Gasteiger partial charge is 0.306 e. The Morgan fingerprint density at radius 1 is 0.917 bits per heavy atom. The third-order valence-electron chi connectivity index (χ3n) is 8.54. The number of aliphatic carboxylic acids is 1. The molecular weight excluding hydrogens is 647 g/mol. The minimum Gasteiger partial charge on any atom is -0.508 e. The van der Waals surface area contributed by atoms with E-state index in [0.29, 0.717) is 23.7 Å². The van der Waals surface area contributed by atoms with Crippen molar-refractivity contribution < 1.29 is 29.4 Å². The zero-order valence-corrected chi connectivity index (χ0v) is 30.0. The minimum absolute atomic E-state index is 0.0680. The van der Waals surface area contributed by atoms with E-state index in [0.717, 1.165) is 32.4 Å². The van der Waals surface area contributed by atoms with E-state index in [1.807, 2.05) is 49.5 Å². The fourth-order valence-electron chi connectivity index (χ4n) is 5.55. The highest BCUT2D eigenvalue weighted by Crippen LogP contribution is 2.50. The number of carboxylic acid groups (broad SMARTS) is 1. The average molecular weight is 692 g/mol. The molecule has 9 nitrogen and oxygen atoms in total. The molecule has 0 aliphatic carbocycles. The lowest BCUT2D eigenvalue weighted by molar-refractivity contribution is -0.144. The topological polar surface area (TPSA) is 127 Å². The van der Waals surface area contributed by atoms with E-state index in [4.69, 9.17) is 0 Å². The first-order valence-corrected chi connectivity index (χ1v) is 18.3. The molecular formula is C37H45N3O6S2. The van der Waals surface area contributed by atoms with E-state index in [2.05, 4.69) is 31.3 Å². The molecule has 3 aromatic carbocycles. The lowest BCUT2D eigenvalue weighted by atomic mass is 9.92. The summed E-state index contributed by atoms with van der Waals surface area (Å²) in [4.78, 5) is 58.8. The number of ketones is 1. The zero-order chi connectivity index (χ0) is 35.1. The molecule has 1 aliphatic rings. The highest BCUT2D eigenvalue weighted by Gasteiger charge is 2.33. The number of thioether (sulfide) groups is 1. The number of nitrogens with one attached hydrogen (secondary N) is 1. The van der Waals surface area contributed by atoms with Crippen molar-refractivity contribution in [3.63, 3.8) is 0 Å². The summed E-state index contributed by atoms with van der Waals surface area (Å²) in [5, 5.41) is 22.3. The monoisotopic (exact) mass is 691 g/mol. The Morgan fingerprint density at radius 2 is 1.56 bits per heavy atom. The molecule has 0 spiro atoms. The fourth-order valence-corrected chi connectivity index (χ4v) is 7.21. The van der Waals surface area contributed by atoms with Crippen LogP contribution in [0.1, 0.15) is 57.1 Å². The number of carboxylic acids is 1. The SMILES string of the molecule is CSCC[C@@H](CC(=O)[C@@H](Cc1ccc(O)cc1)NC(=O)[C@H](C)CC(=O)N1c2ccc(C(C)C)cc2Sc2cc(N(C)C)ccc21)C(=O)O. The maximum absolute atomic E-state index is 14.1. The molecule has 11 heteroatoms. The molecule has 1 heterocycles. The molecule has 0 radical (unpaired) electrons. The summed E-state index contributed by atoms with van der Waals surface area (Å²) in [5.41, 5.74) is 4.38. The highest BCUT2D eigenvalue weighted by molar-refractivity contribution is 7.99. The van der Waals surface area contributed by atoms with Gasteiger partial charge in [0.05, 0.1) is 23.3 Å². The van der Waals surface area contributed by atoms with Gasteiger partial charge in [-0.05, 0) is 84.4 Å². The molecule has 256 valence electrons. The summed E-state index contributed by atoms with van der Waals surface area (Å²) in [5.74, 6) is -2.84. The van der Waals surface area contributed by atoms with E-state index in [1.54, 1.807) is 35.7 Å². The molecule has 3 aromatic rings. The lowest BCUT2D eigenvalue weighted by Crippen LogP contribution is -2.46. The number of Topliss-reactive ketones (excluding diaryl/α,β-unsaturated/α-hetero) is 1. The molecule has 3 N–H and O–H groups in total. The second-order valence-corrected chi connectivity index (χ2v) is 14.9. The number of aromatic hydroxyl groups is 1. The van der Waals surface area contributed by atoms with Gasteiger partial charge in [-0.3, -0.25) is 24.1 Å². The summed E-state index contributed by atoms with van der Waals surface area (Å²) in [6.45, 7) is 5.91. The third-order valence-corrected chi connectivity index (χ3v) is 10.3. The summed E-state index contributed by atoms with van der Waals surface area (Å²) < 4.78 is 0. The number of hydrogen-bond acceptors (Lipinski definition) is 8. The molecule has 0 saturated heterocycles. The van der Waals surface area contributed by atoms with E-state index in [1.165, 1.54) is 23.9 Å². The van der Waals surface area contributed by atoms with Gasteiger partial charge in [-0.1, -0.05) is 50.7 Å². The van der Waals surface area contributed by atoms with Crippen molar-refractivity contribution >= 4 is 64.2 Å². The maximum Gasteiger partial charge on any atom is 0.306 e. The fraction of sp³-hybridized carbons (Fsp3) is 0.405. The Kier molecular flexibility index (Phi) is 12.6. The van der Waals surface area contributed by atoms with Gasteiger partial charge < -0.3 is 20.4 Å². The van der Waals surface area contributed by atoms with E-state index in [9.17, 15) is 29.4 Å². The average Bonchev–Trinajstić information content (AvgIpc) is 3.04. The summed E-state index contributed by atoms with van der Waals surface area (Å²) >= 11 is 3.13. The van der Waals surface area contributed by atoms with Crippen LogP contribution in [-0.4, -0.2) is 65.9 Å². The minimum atomic E-state index is -1.05. The van der Waals surface area contributed by atoms with Crippen LogP contribution in [0.2, 0.25) is 0 Å². The first kappa shape index (κ1) is 36.9. The first-order valence-electron chi connectivity index (χ1n) is 16.1. The second-order valence-electron chi connectivity index (χ2n) is 12.8. The van der Waals surface area contributed by atoms with E-state index < -0.39 is 35.5 Å². The van der Waals surface area contributed by atoms with Crippen LogP contribution < -0.4 is 15.1 Å². The predicted octanol–water partition coefficient (Wildman–Crippen LogP) is 6.88. The quantitative estimate of drug-likeness (QED) is 0.156. The van der Waals surface area contributed by atoms with Crippen LogP contribution in [0.4, 0.5) is 17.1 Å². The molecule has 4 rings (SSSR count). The molecule has 48 heavy (non-hydrogen) atoms. The number of benzene rings is 3. The largest absolute Gasteiger partial charge is 0.508 e. The van der Waals surface area contributed by atoms with Gasteiger partial charge in [0.15, 0.2) is 5.78 Å². The van der Waals surface area contributed by atoms with Gasteiger partial charge >= 0.3 is 5.97 Å². The third kappa shape index (κ3) is 9.14. The number of nitrogens with zero attached hydrogens (tertiary/aromatic N) is 2. The summed E-state index contributed by atoms with van der Waals surface area (Å²) in [6.07, 6.45) is 2.00. The van der Waals surface area contributed by atoms with Gasteiger partial charge in [0.25, 0.3) is 0 Å². The van der Waals surface area contributed by atoms with Crippen LogP contribution in [-0.2, 0) is 25.6 Å². The summed E-state index contributed by atoms with van der Waals surface area (Å²) in [6, 6.07) is 17.4. The second kappa shape index (κ2) is 16.4. The van der Waals surface area contributed by atoms with Gasteiger partial charge in [0, 0.05) is 48.3 Å². The first-order chi connectivity index (χ1) is 22.8. The number of rotatable bonds is 15. The Bertz CT molecular complexity index is 1580. The number of hydrogen-bond donors (Lipinski definition) is 3. The Hall–Kier alpha value is -3.96. The van der Waals surface area contributed by atoms with Crippen molar-refractivity contribution in [3.05, 3.63) is 71.8 Å². The maximum atomic E-state index is 14.1. The van der Waals surface area contributed by atoms with E-state index >= 15 is 0 Å². The number of phenolic OH excluding ortho intramolecular Hbond substituents is 1. The molecule has 0 fully saturated rings. The van der Waals surface area contributed by atoms with Gasteiger partial charge in [-0.2, -0.15) is 11.8 Å². The molecule has 0 aromatic heterocycles. The van der Waals surface area contributed by atoms with Gasteiger partial charge in [-0.15, -0.1) is 0 Å². The van der Waals surface area contributed by atoms with Crippen LogP contribution in [0.3, 0.4) is 0 Å². The van der Waals surface area contributed by atoms with Crippen LogP contribution in [0.5, 0.6) is 5.75 Å². The van der Waals surface area contributed by atoms with Crippen molar-refractivity contribution in [2.45, 2.75) is 68.2 Å². The van der Waals surface area contributed by atoms with Crippen LogP contribution >= 0.6 is 23.5 Å². The zero-order valence-electron chi connectivity index (χ0n) is 28.4. The number of phenols is 1. The Morgan fingerprint density at radius 3 is 2.17 bits per heavy atom. The number of carbonyl (C=O) groups is 4. The summed E-state index contributed by atoms with van der Waals surface area (Å²) in [7, 11) is 3.93. The number of fused-ring (bicyclic) bond motifs is 2. The molecule has 0 unspecified atom stereocenters. The Balaban J connectivity index is 1.57. The van der Waals surface area contributed by atoms with Crippen molar-refractivity contribution in [3.8, 4) is 5.75 Å². The molecule has 2 amide bonds. The van der Waals surface area contributed by atoms with Crippen LogP contribution in [0.25, 0.3) is 0 Å². The molecule has 1 aliphatic heterocycles. The van der Waals surface area contributed by atoms with Gasteiger partial charge in [0.1, 0.15) is 5.75 Å². The van der Waals surface area contributed by atoms with E-state index in [-0.39, 0.29) is 30.9 Å². The number of anilines is 3. The standard InChI is InChI=1S/C37H45N3O6S2/c1-22(2)25-9-13-30-33(20-25)48-34-21-27(39(4)5)10-14-31(34)40(30)35(43)17-23(3)36(44)38-29(18-24-7-11-28(41)12-8-24)32(42)19-26(37(45)46)15-16-47-6/h7-14,20-23,26,29,41H,15-19H2,1-6H3,(H,38,44)(H,45,46)/t23-,26+,29-/m1/s1. The van der Waals surface area contributed by atoms with Crippen molar-refractivity contribution in [1.82, 2.24) is 5.32 Å². The van der Waals surface area contributed by atoms with Crippen molar-refractivity contribution in [2.75, 3.05) is 35.9 Å². The van der Waals surface area contributed by atoms with Gasteiger partial charge in [-0.25, -0.2) is 0 Å². The highest BCUT2D eigenvalue weighted by atomic mass is 32.2. The normalized spacial score (nSPS) is 14.0.